The molecule has 1 saturated heterocycles. The Balaban J connectivity index is 1.46. The van der Waals surface area contributed by atoms with E-state index in [1.54, 1.807) is 56.4 Å². The van der Waals surface area contributed by atoms with E-state index in [1.165, 1.54) is 11.7 Å². The molecule has 0 saturated carbocycles. The van der Waals surface area contributed by atoms with Gasteiger partial charge in [-0.3, -0.25) is 9.59 Å². The number of carbonyl (C=O) groups excluding carboxylic acids is 1. The van der Waals surface area contributed by atoms with E-state index in [0.29, 0.717) is 51.0 Å². The second-order valence-electron chi connectivity index (χ2n) is 11.1. The zero-order valence-electron chi connectivity index (χ0n) is 25.5. The van der Waals surface area contributed by atoms with E-state index in [0.717, 1.165) is 4.90 Å². The third kappa shape index (κ3) is 6.50. The van der Waals surface area contributed by atoms with Crippen LogP contribution in [0.15, 0.2) is 59.4 Å². The Labute approximate surface area is 265 Å². The number of amides is 1. The number of alkyl halides is 3. The second-order valence-corrected chi connectivity index (χ2v) is 11.1. The minimum Gasteiger partial charge on any atom is -0.496 e. The van der Waals surface area contributed by atoms with Gasteiger partial charge in [0, 0.05) is 37.5 Å². The Kier molecular flexibility index (Phi) is 9.25. The first-order valence-corrected chi connectivity index (χ1v) is 14.4. The standard InChI is InChI=1S/C33H30F5N3O6/c1-17-12-26(46-3)28(31(43)40(17)2)22-9-8-18(20-6-4-5-7-21(20)22)13-25(32(44)45)39-30(42)29-23(34)14-19(15-24(29)35)41-10-11-47-16-27(41)33(36,37)38/h4-9,12,14-15,25,27H,10-11,13,16H2,1-3H3,(H,39,42)(H,44,45)/t25-,27+/m0/s1. The van der Waals surface area contributed by atoms with Gasteiger partial charge >= 0.3 is 12.1 Å². The molecule has 2 heterocycles. The largest absolute Gasteiger partial charge is 0.496 e. The highest BCUT2D eigenvalue weighted by Gasteiger charge is 2.46. The summed E-state index contributed by atoms with van der Waals surface area (Å²) >= 11 is 0. The summed E-state index contributed by atoms with van der Waals surface area (Å²) < 4.78 is 82.7. The number of carboxylic acid groups (broad SMARTS) is 1. The third-order valence-corrected chi connectivity index (χ3v) is 8.26. The van der Waals surface area contributed by atoms with Crippen molar-refractivity contribution in [2.24, 2.45) is 7.05 Å². The van der Waals surface area contributed by atoms with Crippen molar-refractivity contribution in [1.29, 1.82) is 0 Å². The third-order valence-electron chi connectivity index (χ3n) is 8.26. The number of aromatic nitrogens is 1. The number of anilines is 1. The van der Waals surface area contributed by atoms with Gasteiger partial charge in [-0.05, 0) is 41.0 Å². The molecule has 2 N–H and O–H groups in total. The van der Waals surface area contributed by atoms with Crippen molar-refractivity contribution in [3.63, 3.8) is 0 Å². The number of nitrogens with one attached hydrogen (secondary N) is 1. The van der Waals surface area contributed by atoms with Gasteiger partial charge in [0.05, 0.1) is 25.9 Å². The maximum Gasteiger partial charge on any atom is 0.411 e. The number of fused-ring (bicyclic) bond motifs is 1. The van der Waals surface area contributed by atoms with E-state index in [9.17, 15) is 32.7 Å². The lowest BCUT2D eigenvalue weighted by molar-refractivity contribution is -0.167. The van der Waals surface area contributed by atoms with Crippen molar-refractivity contribution in [3.8, 4) is 16.9 Å². The van der Waals surface area contributed by atoms with Crippen LogP contribution in [0.2, 0.25) is 0 Å². The Morgan fingerprint density at radius 1 is 1.09 bits per heavy atom. The summed E-state index contributed by atoms with van der Waals surface area (Å²) in [6.07, 6.45) is -5.06. The fourth-order valence-electron chi connectivity index (χ4n) is 5.74. The first-order chi connectivity index (χ1) is 22.2. The van der Waals surface area contributed by atoms with E-state index in [2.05, 4.69) is 5.32 Å². The van der Waals surface area contributed by atoms with Crippen LogP contribution in [0.1, 0.15) is 21.6 Å². The van der Waals surface area contributed by atoms with E-state index < -0.39 is 59.6 Å². The fraction of sp³-hybridized carbons (Fsp3) is 0.303. The predicted octanol–water partition coefficient (Wildman–Crippen LogP) is 4.99. The average molecular weight is 660 g/mol. The molecule has 1 aliphatic rings. The molecular weight excluding hydrogens is 629 g/mol. The predicted molar refractivity (Wildman–Crippen MR) is 163 cm³/mol. The summed E-state index contributed by atoms with van der Waals surface area (Å²) in [7, 11) is 3.06. The first-order valence-electron chi connectivity index (χ1n) is 14.4. The molecule has 47 heavy (non-hydrogen) atoms. The number of rotatable bonds is 8. The van der Waals surface area contributed by atoms with Crippen LogP contribution in [0, 0.1) is 18.6 Å². The molecule has 9 nitrogen and oxygen atoms in total. The number of carboxylic acids is 1. The molecule has 0 unspecified atom stereocenters. The monoisotopic (exact) mass is 659 g/mol. The zero-order chi connectivity index (χ0) is 34.2. The minimum atomic E-state index is -4.75. The summed E-state index contributed by atoms with van der Waals surface area (Å²) in [5.41, 5.74) is 0.0396. The number of benzene rings is 3. The SMILES string of the molecule is COc1cc(C)n(C)c(=O)c1-c1ccc(C[C@H](NC(=O)c2c(F)cc(N3CCOC[C@@H]3C(F)(F)F)cc2F)C(=O)O)c2ccccc12. The van der Waals surface area contributed by atoms with Gasteiger partial charge in [0.15, 0.2) is 0 Å². The molecule has 1 fully saturated rings. The second kappa shape index (κ2) is 13.0. The molecule has 1 aliphatic heterocycles. The number of pyridine rings is 1. The highest BCUT2D eigenvalue weighted by atomic mass is 19.4. The van der Waals surface area contributed by atoms with Crippen molar-refractivity contribution in [1.82, 2.24) is 9.88 Å². The maximum atomic E-state index is 15.2. The highest BCUT2D eigenvalue weighted by Crippen LogP contribution is 2.36. The van der Waals surface area contributed by atoms with Crippen LogP contribution in [0.25, 0.3) is 21.9 Å². The number of morpholine rings is 1. The fourth-order valence-corrected chi connectivity index (χ4v) is 5.74. The van der Waals surface area contributed by atoms with Gasteiger partial charge < -0.3 is 29.4 Å². The van der Waals surface area contributed by atoms with Crippen LogP contribution in [0.3, 0.4) is 0 Å². The molecule has 5 rings (SSSR count). The summed E-state index contributed by atoms with van der Waals surface area (Å²) in [5.74, 6) is -5.48. The Morgan fingerprint density at radius 3 is 2.36 bits per heavy atom. The highest BCUT2D eigenvalue weighted by molar-refractivity contribution is 6.00. The Hall–Kier alpha value is -4.98. The van der Waals surface area contributed by atoms with Gasteiger partial charge in [0.2, 0.25) is 0 Å². The summed E-state index contributed by atoms with van der Waals surface area (Å²) in [5, 5.41) is 13.3. The molecule has 3 aromatic carbocycles. The number of aryl methyl sites for hydroxylation is 1. The lowest BCUT2D eigenvalue weighted by atomic mass is 9.92. The number of halogens is 5. The molecule has 2 atom stereocenters. The van der Waals surface area contributed by atoms with Crippen LogP contribution in [-0.4, -0.2) is 66.7 Å². The average Bonchev–Trinajstić information content (AvgIpc) is 3.02. The van der Waals surface area contributed by atoms with Gasteiger partial charge in [-0.2, -0.15) is 13.2 Å². The van der Waals surface area contributed by atoms with Gasteiger partial charge in [-0.25, -0.2) is 13.6 Å². The quantitative estimate of drug-likeness (QED) is 0.257. The Bertz CT molecular complexity index is 1900. The number of aliphatic carboxylic acids is 1. The van der Waals surface area contributed by atoms with E-state index in [4.69, 9.17) is 9.47 Å². The van der Waals surface area contributed by atoms with Gasteiger partial charge in [-0.15, -0.1) is 0 Å². The van der Waals surface area contributed by atoms with E-state index in [1.807, 2.05) is 0 Å². The van der Waals surface area contributed by atoms with Crippen molar-refractivity contribution in [2.45, 2.75) is 31.6 Å². The molecule has 4 aromatic rings. The van der Waals surface area contributed by atoms with Crippen LogP contribution in [-0.2, 0) is 23.0 Å². The van der Waals surface area contributed by atoms with E-state index in [-0.39, 0.29) is 25.1 Å². The lowest BCUT2D eigenvalue weighted by Gasteiger charge is -2.38. The number of ether oxygens (including phenoxy) is 2. The van der Waals surface area contributed by atoms with Crippen LogP contribution >= 0.6 is 0 Å². The van der Waals surface area contributed by atoms with Crippen molar-refractivity contribution >= 4 is 28.3 Å². The number of carbonyl (C=O) groups is 2. The summed E-state index contributed by atoms with van der Waals surface area (Å²) in [4.78, 5) is 39.3. The van der Waals surface area contributed by atoms with Gasteiger partial charge in [0.1, 0.15) is 35.0 Å². The normalized spacial score (nSPS) is 15.8. The molecule has 1 aromatic heterocycles. The Morgan fingerprint density at radius 2 is 1.74 bits per heavy atom. The van der Waals surface area contributed by atoms with Crippen LogP contribution in [0.4, 0.5) is 27.6 Å². The molecule has 248 valence electrons. The number of nitrogens with zero attached hydrogens (tertiary/aromatic N) is 2. The molecule has 1 amide bonds. The summed E-state index contributed by atoms with van der Waals surface area (Å²) in [6, 6.07) is 9.23. The van der Waals surface area contributed by atoms with E-state index >= 15 is 8.78 Å². The lowest BCUT2D eigenvalue weighted by Crippen LogP contribution is -2.53. The van der Waals surface area contributed by atoms with Crippen molar-refractivity contribution < 1.29 is 46.1 Å². The van der Waals surface area contributed by atoms with Crippen molar-refractivity contribution in [3.05, 3.63) is 93.4 Å². The molecule has 0 radical (unpaired) electrons. The molecule has 0 aliphatic carbocycles. The number of hydrogen-bond donors (Lipinski definition) is 2. The molecule has 14 heteroatoms. The van der Waals surface area contributed by atoms with Crippen molar-refractivity contribution in [2.75, 3.05) is 31.8 Å². The zero-order valence-corrected chi connectivity index (χ0v) is 25.5. The smallest absolute Gasteiger partial charge is 0.411 e. The van der Waals surface area contributed by atoms with Gasteiger partial charge in [-0.1, -0.05) is 36.4 Å². The summed E-state index contributed by atoms with van der Waals surface area (Å²) in [6.45, 7) is 0.617. The molecule has 0 bridgehead atoms. The van der Waals surface area contributed by atoms with Crippen LogP contribution in [0.5, 0.6) is 5.75 Å². The minimum absolute atomic E-state index is 0.108. The number of hydrogen-bond acceptors (Lipinski definition) is 6. The first kappa shape index (κ1) is 33.4. The van der Waals surface area contributed by atoms with Crippen LogP contribution < -0.4 is 20.5 Å². The molecular formula is C33H30F5N3O6. The maximum absolute atomic E-state index is 15.2. The van der Waals surface area contributed by atoms with Gasteiger partial charge in [0.25, 0.3) is 11.5 Å². The number of methoxy groups -OCH3 is 1. The molecule has 0 spiro atoms. The topological polar surface area (TPSA) is 110 Å².